The number of nitrogens with zero attached hydrogens (tertiary/aromatic N) is 4. The van der Waals surface area contributed by atoms with Crippen LogP contribution in [0.3, 0.4) is 0 Å². The minimum atomic E-state index is -4.62. The number of alkyl halides is 3. The van der Waals surface area contributed by atoms with Gasteiger partial charge in [-0.2, -0.15) is 13.2 Å². The van der Waals surface area contributed by atoms with E-state index >= 15 is 0 Å². The third-order valence-electron chi connectivity index (χ3n) is 6.14. The maximum absolute atomic E-state index is 13.2. The van der Waals surface area contributed by atoms with Crippen molar-refractivity contribution in [1.82, 2.24) is 19.5 Å². The largest absolute Gasteiger partial charge is 0.484 e. The first kappa shape index (κ1) is 26.0. The Bertz CT molecular complexity index is 1610. The van der Waals surface area contributed by atoms with Crippen LogP contribution in [0, 0.1) is 0 Å². The summed E-state index contributed by atoms with van der Waals surface area (Å²) in [6, 6.07) is 16.2. The molecule has 3 heterocycles. The molecule has 5 aromatic rings. The van der Waals surface area contributed by atoms with Gasteiger partial charge in [0.2, 0.25) is 0 Å². The quantitative estimate of drug-likeness (QED) is 0.239. The van der Waals surface area contributed by atoms with Gasteiger partial charge in [0.25, 0.3) is 0 Å². The predicted octanol–water partition coefficient (Wildman–Crippen LogP) is 6.55. The second-order valence-corrected chi connectivity index (χ2v) is 9.32. The first-order chi connectivity index (χ1) is 18.1. The lowest BCUT2D eigenvalue weighted by Crippen LogP contribution is -2.31. The fourth-order valence-corrected chi connectivity index (χ4v) is 4.78. The predicted molar refractivity (Wildman–Crippen MR) is 137 cm³/mol. The number of rotatable bonds is 6. The van der Waals surface area contributed by atoms with Gasteiger partial charge < -0.3 is 14.4 Å². The van der Waals surface area contributed by atoms with E-state index in [0.717, 1.165) is 17.8 Å². The van der Waals surface area contributed by atoms with E-state index in [2.05, 4.69) is 15.0 Å². The maximum atomic E-state index is 13.2. The molecule has 38 heavy (non-hydrogen) atoms. The van der Waals surface area contributed by atoms with Gasteiger partial charge in [-0.3, -0.25) is 4.98 Å². The lowest BCUT2D eigenvalue weighted by atomic mass is 9.83. The normalized spacial score (nSPS) is 13.4. The highest BCUT2D eigenvalue weighted by molar-refractivity contribution is 6.40. The number of halogens is 5. The summed E-state index contributed by atoms with van der Waals surface area (Å²) in [4.78, 5) is 12.0. The van der Waals surface area contributed by atoms with Crippen LogP contribution < -0.4 is 4.74 Å². The van der Waals surface area contributed by atoms with Gasteiger partial charge in [0.05, 0.1) is 28.8 Å². The Kier molecular flexibility index (Phi) is 6.77. The summed E-state index contributed by atoms with van der Waals surface area (Å²) in [7, 11) is 1.66. The van der Waals surface area contributed by atoms with Crippen LogP contribution >= 0.6 is 23.2 Å². The number of ether oxygens (including phenoxy) is 1. The average Bonchev–Trinajstić information content (AvgIpc) is 3.34. The molecule has 0 radical (unpaired) electrons. The number of benzene rings is 2. The molecule has 194 valence electrons. The molecule has 0 aliphatic heterocycles. The molecule has 0 amide bonds. The summed E-state index contributed by atoms with van der Waals surface area (Å²) in [5, 5.41) is 12.8. The molecule has 0 spiro atoms. The Morgan fingerprint density at radius 3 is 2.34 bits per heavy atom. The van der Waals surface area contributed by atoms with Gasteiger partial charge in [0.1, 0.15) is 12.3 Å². The highest BCUT2D eigenvalue weighted by Gasteiger charge is 2.39. The summed E-state index contributed by atoms with van der Waals surface area (Å²) in [6.07, 6.45) is -0.725. The number of pyridine rings is 2. The van der Waals surface area contributed by atoms with E-state index in [1.54, 1.807) is 29.8 Å². The van der Waals surface area contributed by atoms with Crippen molar-refractivity contribution >= 4 is 34.1 Å². The van der Waals surface area contributed by atoms with Crippen molar-refractivity contribution in [3.8, 4) is 5.75 Å². The van der Waals surface area contributed by atoms with Gasteiger partial charge >= 0.3 is 6.18 Å². The molecular weight excluding hydrogens is 540 g/mol. The summed E-state index contributed by atoms with van der Waals surface area (Å²) in [6.45, 7) is 0.198. The monoisotopic (exact) mass is 558 g/mol. The molecule has 3 aromatic heterocycles. The molecular formula is C27H19Cl2F3N4O2. The van der Waals surface area contributed by atoms with Crippen LogP contribution in [0.5, 0.6) is 5.75 Å². The van der Waals surface area contributed by atoms with Crippen LogP contribution in [-0.2, 0) is 25.4 Å². The van der Waals surface area contributed by atoms with E-state index in [1.807, 2.05) is 30.3 Å². The van der Waals surface area contributed by atoms with Crippen molar-refractivity contribution in [3.05, 3.63) is 118 Å². The van der Waals surface area contributed by atoms with Crippen molar-refractivity contribution < 1.29 is 23.0 Å². The molecule has 2 aromatic carbocycles. The van der Waals surface area contributed by atoms with Crippen LogP contribution in [0.4, 0.5) is 13.2 Å². The first-order valence-electron chi connectivity index (χ1n) is 11.3. The second-order valence-electron chi connectivity index (χ2n) is 8.58. The summed E-state index contributed by atoms with van der Waals surface area (Å²) >= 11 is 13.1. The number of aryl methyl sites for hydroxylation is 1. The van der Waals surface area contributed by atoms with Crippen molar-refractivity contribution in [2.24, 2.45) is 7.05 Å². The van der Waals surface area contributed by atoms with Gasteiger partial charge in [-0.25, -0.2) is 9.97 Å². The van der Waals surface area contributed by atoms with Crippen molar-refractivity contribution in [1.29, 1.82) is 0 Å². The van der Waals surface area contributed by atoms with E-state index in [-0.39, 0.29) is 28.1 Å². The van der Waals surface area contributed by atoms with Gasteiger partial charge in [-0.15, -0.1) is 0 Å². The molecule has 0 fully saturated rings. The zero-order valence-electron chi connectivity index (χ0n) is 19.7. The van der Waals surface area contributed by atoms with Crippen molar-refractivity contribution in [3.63, 3.8) is 0 Å². The van der Waals surface area contributed by atoms with Gasteiger partial charge in [0, 0.05) is 24.2 Å². The lowest BCUT2D eigenvalue weighted by molar-refractivity contribution is -0.141. The standard InChI is InChI=1S/C27H19Cl2F3N4O2/c1-36-15-33-13-22(36)26(37,18-8-10-21(34-12-18)27(30,31)32)17-7-9-20-19(11-17)23(28)24(25(29)35-20)38-14-16-5-3-2-4-6-16/h2-13,15,37H,14H2,1H3. The summed E-state index contributed by atoms with van der Waals surface area (Å²) in [5.41, 5.74) is -0.957. The van der Waals surface area contributed by atoms with Crippen LogP contribution in [0.1, 0.15) is 28.1 Å². The zero-order valence-corrected chi connectivity index (χ0v) is 21.3. The van der Waals surface area contributed by atoms with Crippen LogP contribution in [0.2, 0.25) is 10.2 Å². The van der Waals surface area contributed by atoms with Gasteiger partial charge in [-0.05, 0) is 29.3 Å². The Morgan fingerprint density at radius 1 is 0.974 bits per heavy atom. The Labute approximate surface area is 225 Å². The average molecular weight is 559 g/mol. The number of aliphatic hydroxyl groups is 1. The number of fused-ring (bicyclic) bond motifs is 1. The number of hydrogen-bond donors (Lipinski definition) is 1. The molecule has 1 unspecified atom stereocenters. The Morgan fingerprint density at radius 2 is 1.71 bits per heavy atom. The molecule has 0 aliphatic rings. The summed E-state index contributed by atoms with van der Waals surface area (Å²) < 4.78 is 46.9. The molecule has 0 saturated carbocycles. The SMILES string of the molecule is Cn1cncc1C(O)(c1ccc(C(F)(F)F)nc1)c1ccc2nc(Cl)c(OCc3ccccc3)c(Cl)c2c1. The lowest BCUT2D eigenvalue weighted by Gasteiger charge is -2.30. The highest BCUT2D eigenvalue weighted by atomic mass is 35.5. The maximum Gasteiger partial charge on any atom is 0.433 e. The minimum Gasteiger partial charge on any atom is -0.484 e. The topological polar surface area (TPSA) is 73.1 Å². The Hall–Kier alpha value is -3.66. The van der Waals surface area contributed by atoms with Crippen molar-refractivity contribution in [2.75, 3.05) is 0 Å². The van der Waals surface area contributed by atoms with E-state index < -0.39 is 17.5 Å². The van der Waals surface area contributed by atoms with Crippen molar-refractivity contribution in [2.45, 2.75) is 18.4 Å². The van der Waals surface area contributed by atoms with Gasteiger partial charge in [0.15, 0.2) is 16.5 Å². The van der Waals surface area contributed by atoms with E-state index in [9.17, 15) is 18.3 Å². The van der Waals surface area contributed by atoms with Crippen LogP contribution in [0.25, 0.3) is 10.9 Å². The molecule has 5 rings (SSSR count). The minimum absolute atomic E-state index is 0.0695. The molecule has 1 atom stereocenters. The smallest absolute Gasteiger partial charge is 0.433 e. The fourth-order valence-electron chi connectivity index (χ4n) is 4.20. The highest BCUT2D eigenvalue weighted by Crippen LogP contribution is 2.42. The molecule has 11 heteroatoms. The Balaban J connectivity index is 1.63. The number of aromatic nitrogens is 4. The molecule has 0 aliphatic carbocycles. The molecule has 1 N–H and O–H groups in total. The number of hydrogen-bond acceptors (Lipinski definition) is 5. The third-order valence-corrected chi connectivity index (χ3v) is 6.77. The second kappa shape index (κ2) is 9.90. The zero-order chi connectivity index (χ0) is 27.1. The van der Waals surface area contributed by atoms with Gasteiger partial charge in [-0.1, -0.05) is 65.7 Å². The number of imidazole rings is 1. The third kappa shape index (κ3) is 4.69. The van der Waals surface area contributed by atoms with Crippen LogP contribution in [-0.4, -0.2) is 24.6 Å². The first-order valence-corrected chi connectivity index (χ1v) is 12.0. The van der Waals surface area contributed by atoms with E-state index in [4.69, 9.17) is 27.9 Å². The van der Waals surface area contributed by atoms with E-state index in [0.29, 0.717) is 22.2 Å². The molecule has 6 nitrogen and oxygen atoms in total. The molecule has 0 bridgehead atoms. The van der Waals surface area contributed by atoms with Crippen LogP contribution in [0.15, 0.2) is 79.4 Å². The fraction of sp³-hybridized carbons (Fsp3) is 0.148. The van der Waals surface area contributed by atoms with E-state index in [1.165, 1.54) is 18.6 Å². The molecule has 0 saturated heterocycles. The summed E-state index contributed by atoms with van der Waals surface area (Å²) in [5.74, 6) is 0.169.